The number of hydrogen-bond acceptors (Lipinski definition) is 2. The standard InChI is InChI=1S/C21H17NO2/c1-3-7-14-15-11-16-13-9-5-6-10-18(13)22-19(16)12-17(15)21(23)24-20(14)8-4-2/h3-6,8-12,22H,1,7H2,2H3/b8-4-. The van der Waals surface area contributed by atoms with Crippen molar-refractivity contribution >= 4 is 38.7 Å². The van der Waals surface area contributed by atoms with Gasteiger partial charge in [-0.2, -0.15) is 0 Å². The highest BCUT2D eigenvalue weighted by molar-refractivity contribution is 6.12. The first-order chi connectivity index (χ1) is 11.7. The number of allylic oxidation sites excluding steroid dienone is 2. The van der Waals surface area contributed by atoms with Crippen LogP contribution in [0.25, 0.3) is 38.7 Å². The molecular weight excluding hydrogens is 298 g/mol. The molecule has 3 nitrogen and oxygen atoms in total. The molecule has 4 aromatic rings. The molecule has 24 heavy (non-hydrogen) atoms. The van der Waals surface area contributed by atoms with Crippen molar-refractivity contribution in [2.45, 2.75) is 13.3 Å². The van der Waals surface area contributed by atoms with E-state index in [0.29, 0.717) is 17.6 Å². The molecule has 0 spiro atoms. The molecule has 0 aliphatic heterocycles. The van der Waals surface area contributed by atoms with Crippen LogP contribution >= 0.6 is 0 Å². The third-order valence-electron chi connectivity index (χ3n) is 4.36. The van der Waals surface area contributed by atoms with Crippen LogP contribution in [0.1, 0.15) is 18.2 Å². The number of aromatic nitrogens is 1. The predicted molar refractivity (Wildman–Crippen MR) is 100 cm³/mol. The number of H-pyrrole nitrogens is 1. The van der Waals surface area contributed by atoms with Gasteiger partial charge >= 0.3 is 5.63 Å². The molecule has 0 saturated heterocycles. The highest BCUT2D eigenvalue weighted by atomic mass is 16.4. The molecular formula is C21H17NO2. The summed E-state index contributed by atoms with van der Waals surface area (Å²) < 4.78 is 5.53. The molecule has 0 aliphatic rings. The van der Waals surface area contributed by atoms with Crippen LogP contribution in [0.5, 0.6) is 0 Å². The molecule has 0 atom stereocenters. The highest BCUT2D eigenvalue weighted by Crippen LogP contribution is 2.31. The quantitative estimate of drug-likeness (QED) is 0.529. The van der Waals surface area contributed by atoms with Gasteiger partial charge in [-0.15, -0.1) is 6.58 Å². The van der Waals surface area contributed by atoms with Crippen molar-refractivity contribution in [3.63, 3.8) is 0 Å². The van der Waals surface area contributed by atoms with Gasteiger partial charge in [-0.3, -0.25) is 0 Å². The maximum absolute atomic E-state index is 12.4. The molecule has 1 N–H and O–H groups in total. The first kappa shape index (κ1) is 14.5. The van der Waals surface area contributed by atoms with E-state index < -0.39 is 0 Å². The van der Waals surface area contributed by atoms with Crippen molar-refractivity contribution in [2.75, 3.05) is 0 Å². The maximum atomic E-state index is 12.4. The van der Waals surface area contributed by atoms with Gasteiger partial charge < -0.3 is 9.40 Å². The van der Waals surface area contributed by atoms with Crippen LogP contribution in [-0.4, -0.2) is 4.98 Å². The Morgan fingerprint density at radius 2 is 1.92 bits per heavy atom. The van der Waals surface area contributed by atoms with Gasteiger partial charge in [-0.05, 0) is 43.0 Å². The fourth-order valence-corrected chi connectivity index (χ4v) is 3.31. The van der Waals surface area contributed by atoms with Gasteiger partial charge in [0.2, 0.25) is 0 Å². The van der Waals surface area contributed by atoms with E-state index in [9.17, 15) is 4.79 Å². The van der Waals surface area contributed by atoms with E-state index >= 15 is 0 Å². The van der Waals surface area contributed by atoms with Crippen LogP contribution < -0.4 is 5.63 Å². The first-order valence-corrected chi connectivity index (χ1v) is 7.96. The number of rotatable bonds is 3. The van der Waals surface area contributed by atoms with Gasteiger partial charge in [0.25, 0.3) is 0 Å². The van der Waals surface area contributed by atoms with Gasteiger partial charge in [-0.1, -0.05) is 30.4 Å². The minimum Gasteiger partial charge on any atom is -0.423 e. The predicted octanol–water partition coefficient (Wildman–Crippen LogP) is 5.19. The number of benzene rings is 2. The van der Waals surface area contributed by atoms with Crippen molar-refractivity contribution in [2.24, 2.45) is 0 Å². The largest absolute Gasteiger partial charge is 0.423 e. The number of aromatic amines is 1. The van der Waals surface area contributed by atoms with Gasteiger partial charge in [0.05, 0.1) is 5.39 Å². The van der Waals surface area contributed by atoms with E-state index in [0.717, 1.165) is 32.8 Å². The second-order valence-electron chi connectivity index (χ2n) is 5.84. The van der Waals surface area contributed by atoms with E-state index in [1.165, 1.54) is 0 Å². The van der Waals surface area contributed by atoms with Crippen LogP contribution in [0.15, 0.2) is 64.3 Å². The Kier molecular flexibility index (Phi) is 3.35. The molecule has 0 bridgehead atoms. The number of fused-ring (bicyclic) bond motifs is 4. The van der Waals surface area contributed by atoms with Gasteiger partial charge in [-0.25, -0.2) is 4.79 Å². The van der Waals surface area contributed by atoms with Crippen LogP contribution in [0.2, 0.25) is 0 Å². The molecule has 0 saturated carbocycles. The number of nitrogens with one attached hydrogen (secondary N) is 1. The summed E-state index contributed by atoms with van der Waals surface area (Å²) in [7, 11) is 0. The monoisotopic (exact) mass is 315 g/mol. The Labute approximate surface area is 138 Å². The summed E-state index contributed by atoms with van der Waals surface area (Å²) in [6, 6.07) is 12.1. The minimum atomic E-state index is -0.313. The molecule has 0 fully saturated rings. The lowest BCUT2D eigenvalue weighted by molar-refractivity contribution is 0.504. The fraction of sp³-hybridized carbons (Fsp3) is 0.0952. The molecule has 0 amide bonds. The van der Waals surface area contributed by atoms with E-state index in [1.54, 1.807) is 0 Å². The number of para-hydroxylation sites is 1. The lowest BCUT2D eigenvalue weighted by Gasteiger charge is -2.08. The van der Waals surface area contributed by atoms with E-state index in [1.807, 2.05) is 49.4 Å². The first-order valence-electron chi connectivity index (χ1n) is 7.96. The Bertz CT molecular complexity index is 1180. The lowest BCUT2D eigenvalue weighted by Crippen LogP contribution is -2.04. The molecule has 0 unspecified atom stereocenters. The van der Waals surface area contributed by atoms with Crippen LogP contribution in [-0.2, 0) is 6.42 Å². The summed E-state index contributed by atoms with van der Waals surface area (Å²) in [5.74, 6) is 0.606. The van der Waals surface area contributed by atoms with Crippen molar-refractivity contribution in [1.29, 1.82) is 0 Å². The zero-order valence-electron chi connectivity index (χ0n) is 13.4. The average molecular weight is 315 g/mol. The Balaban J connectivity index is 2.20. The van der Waals surface area contributed by atoms with Gasteiger partial charge in [0.1, 0.15) is 5.76 Å². The Morgan fingerprint density at radius 3 is 2.71 bits per heavy atom. The van der Waals surface area contributed by atoms with Crippen LogP contribution in [0.3, 0.4) is 0 Å². The molecule has 2 aromatic heterocycles. The highest BCUT2D eigenvalue weighted by Gasteiger charge is 2.14. The van der Waals surface area contributed by atoms with Crippen LogP contribution in [0, 0.1) is 0 Å². The van der Waals surface area contributed by atoms with Crippen molar-refractivity contribution in [3.05, 3.63) is 76.9 Å². The lowest BCUT2D eigenvalue weighted by atomic mass is 10.00. The molecule has 2 heterocycles. The van der Waals surface area contributed by atoms with E-state index in [4.69, 9.17) is 4.42 Å². The van der Waals surface area contributed by atoms with Gasteiger partial charge in [0.15, 0.2) is 0 Å². The molecule has 2 aromatic carbocycles. The zero-order valence-corrected chi connectivity index (χ0v) is 13.4. The fourth-order valence-electron chi connectivity index (χ4n) is 3.31. The average Bonchev–Trinajstić information content (AvgIpc) is 2.95. The summed E-state index contributed by atoms with van der Waals surface area (Å²) in [5, 5.41) is 3.79. The van der Waals surface area contributed by atoms with Crippen molar-refractivity contribution in [3.8, 4) is 0 Å². The van der Waals surface area contributed by atoms with Crippen molar-refractivity contribution < 1.29 is 4.42 Å². The second-order valence-corrected chi connectivity index (χ2v) is 5.84. The second kappa shape index (κ2) is 5.53. The van der Waals surface area contributed by atoms with Crippen LogP contribution in [0.4, 0.5) is 0 Å². The normalized spacial score (nSPS) is 11.9. The van der Waals surface area contributed by atoms with Crippen molar-refractivity contribution in [1.82, 2.24) is 4.98 Å². The third kappa shape index (κ3) is 2.09. The Morgan fingerprint density at radius 1 is 1.08 bits per heavy atom. The number of hydrogen-bond donors (Lipinski definition) is 1. The Hall–Kier alpha value is -3.07. The maximum Gasteiger partial charge on any atom is 0.344 e. The third-order valence-corrected chi connectivity index (χ3v) is 4.36. The molecule has 3 heteroatoms. The topological polar surface area (TPSA) is 46.0 Å². The summed E-state index contributed by atoms with van der Waals surface area (Å²) in [5.41, 5.74) is 2.68. The zero-order chi connectivity index (χ0) is 16.7. The SMILES string of the molecule is C=CCc1c(/C=C\C)oc(=O)c2cc3[nH]c4ccccc4c3cc12. The smallest absolute Gasteiger partial charge is 0.344 e. The van der Waals surface area contributed by atoms with E-state index in [-0.39, 0.29) is 5.63 Å². The summed E-state index contributed by atoms with van der Waals surface area (Å²) >= 11 is 0. The molecule has 4 rings (SSSR count). The summed E-state index contributed by atoms with van der Waals surface area (Å²) in [6.45, 7) is 5.75. The summed E-state index contributed by atoms with van der Waals surface area (Å²) in [4.78, 5) is 15.8. The summed E-state index contributed by atoms with van der Waals surface area (Å²) in [6.07, 6.45) is 6.19. The van der Waals surface area contributed by atoms with Gasteiger partial charge in [0, 0.05) is 27.4 Å². The molecule has 118 valence electrons. The minimum absolute atomic E-state index is 0.313. The molecule has 0 radical (unpaired) electrons. The molecule has 0 aliphatic carbocycles. The van der Waals surface area contributed by atoms with E-state index in [2.05, 4.69) is 23.7 Å².